The summed E-state index contributed by atoms with van der Waals surface area (Å²) in [5.41, 5.74) is 0.461. The molecule has 1 aromatic rings. The molecule has 0 saturated carbocycles. The van der Waals surface area contributed by atoms with Gasteiger partial charge in [0.05, 0.1) is 11.6 Å². The predicted molar refractivity (Wildman–Crippen MR) is 59.7 cm³/mol. The summed E-state index contributed by atoms with van der Waals surface area (Å²) < 4.78 is 13.6. The molecule has 0 bridgehead atoms. The van der Waals surface area contributed by atoms with E-state index in [2.05, 4.69) is 5.32 Å². The summed E-state index contributed by atoms with van der Waals surface area (Å²) in [5.74, 6) is -0.443. The maximum absolute atomic E-state index is 13.6. The van der Waals surface area contributed by atoms with Crippen LogP contribution in [0.15, 0.2) is 18.2 Å². The molecule has 1 fully saturated rings. The minimum absolute atomic E-state index is 0.00868. The van der Waals surface area contributed by atoms with E-state index >= 15 is 0 Å². The summed E-state index contributed by atoms with van der Waals surface area (Å²) in [6.07, 6.45) is 0. The summed E-state index contributed by atoms with van der Waals surface area (Å²) in [4.78, 5) is 13.1. The highest BCUT2D eigenvalue weighted by Gasteiger charge is 2.19. The Morgan fingerprint density at radius 1 is 1.50 bits per heavy atom. The molecule has 1 aliphatic heterocycles. The average molecular weight is 243 g/mol. The molecule has 1 N–H and O–H groups in total. The second kappa shape index (κ2) is 4.80. The van der Waals surface area contributed by atoms with Crippen molar-refractivity contribution in [2.45, 2.75) is 6.54 Å². The molecule has 0 atom stereocenters. The lowest BCUT2D eigenvalue weighted by Crippen LogP contribution is -2.47. The average Bonchev–Trinajstić information content (AvgIpc) is 2.28. The van der Waals surface area contributed by atoms with Gasteiger partial charge in [0.25, 0.3) is 0 Å². The van der Waals surface area contributed by atoms with Crippen molar-refractivity contribution in [3.8, 4) is 0 Å². The number of hydrogen-bond donors (Lipinski definition) is 1. The van der Waals surface area contributed by atoms with Crippen molar-refractivity contribution < 1.29 is 9.18 Å². The fraction of sp³-hybridized carbons (Fsp3) is 0.364. The largest absolute Gasteiger partial charge is 0.336 e. The monoisotopic (exact) mass is 242 g/mol. The summed E-state index contributed by atoms with van der Waals surface area (Å²) in [6, 6.07) is 4.84. The van der Waals surface area contributed by atoms with Gasteiger partial charge in [0.1, 0.15) is 5.82 Å². The maximum Gasteiger partial charge on any atom is 0.236 e. The van der Waals surface area contributed by atoms with Crippen LogP contribution in [0.4, 0.5) is 4.39 Å². The Bertz CT molecular complexity index is 411. The number of carbonyl (C=O) groups is 1. The highest BCUT2D eigenvalue weighted by atomic mass is 35.5. The third-order valence-corrected chi connectivity index (χ3v) is 2.87. The standard InChI is InChI=1S/C11H12ClFN2O/c12-9-3-1-2-8(11(9)13)7-15-5-4-14-6-10(15)16/h1-3,14H,4-7H2. The number of halogens is 2. The maximum atomic E-state index is 13.6. The fourth-order valence-electron chi connectivity index (χ4n) is 1.69. The van der Waals surface area contributed by atoms with Gasteiger partial charge in [-0.2, -0.15) is 0 Å². The van der Waals surface area contributed by atoms with E-state index in [-0.39, 0.29) is 17.5 Å². The zero-order valence-electron chi connectivity index (χ0n) is 8.67. The summed E-state index contributed by atoms with van der Waals surface area (Å²) in [7, 11) is 0. The quantitative estimate of drug-likeness (QED) is 0.851. The van der Waals surface area contributed by atoms with Gasteiger partial charge in [0.2, 0.25) is 5.91 Å². The first-order valence-corrected chi connectivity index (χ1v) is 5.47. The highest BCUT2D eigenvalue weighted by Crippen LogP contribution is 2.19. The van der Waals surface area contributed by atoms with Crippen LogP contribution in [0, 0.1) is 5.82 Å². The molecule has 0 aromatic heterocycles. The molecule has 0 aliphatic carbocycles. The number of amides is 1. The summed E-state index contributed by atoms with van der Waals surface area (Å²) in [5, 5.41) is 3.06. The van der Waals surface area contributed by atoms with Crippen molar-refractivity contribution in [3.05, 3.63) is 34.6 Å². The summed E-state index contributed by atoms with van der Waals surface area (Å²) >= 11 is 5.68. The first kappa shape index (κ1) is 11.4. The lowest BCUT2D eigenvalue weighted by molar-refractivity contribution is -0.132. The number of nitrogens with one attached hydrogen (secondary N) is 1. The SMILES string of the molecule is O=C1CNCCN1Cc1cccc(Cl)c1F. The van der Waals surface area contributed by atoms with Gasteiger partial charge < -0.3 is 10.2 Å². The third kappa shape index (κ3) is 2.33. The Morgan fingerprint density at radius 3 is 3.06 bits per heavy atom. The van der Waals surface area contributed by atoms with Crippen LogP contribution in [0.2, 0.25) is 5.02 Å². The molecule has 5 heteroatoms. The van der Waals surface area contributed by atoms with Crippen LogP contribution in [-0.2, 0) is 11.3 Å². The van der Waals surface area contributed by atoms with Crippen LogP contribution in [0.25, 0.3) is 0 Å². The second-order valence-electron chi connectivity index (χ2n) is 3.71. The summed E-state index contributed by atoms with van der Waals surface area (Å²) in [6.45, 7) is 1.95. The molecular weight excluding hydrogens is 231 g/mol. The van der Waals surface area contributed by atoms with E-state index in [4.69, 9.17) is 11.6 Å². The predicted octanol–water partition coefficient (Wildman–Crippen LogP) is 1.41. The lowest BCUT2D eigenvalue weighted by atomic mass is 10.2. The minimum atomic E-state index is -0.435. The van der Waals surface area contributed by atoms with E-state index in [1.165, 1.54) is 6.07 Å². The molecule has 1 saturated heterocycles. The fourth-order valence-corrected chi connectivity index (χ4v) is 1.88. The molecule has 86 valence electrons. The Kier molecular flexibility index (Phi) is 3.41. The van der Waals surface area contributed by atoms with Gasteiger partial charge in [-0.1, -0.05) is 23.7 Å². The minimum Gasteiger partial charge on any atom is -0.336 e. The smallest absolute Gasteiger partial charge is 0.236 e. The molecule has 1 amide bonds. The van der Waals surface area contributed by atoms with Gasteiger partial charge >= 0.3 is 0 Å². The Labute approximate surface area is 98.2 Å². The number of carbonyl (C=O) groups excluding carboxylic acids is 1. The van der Waals surface area contributed by atoms with Crippen molar-refractivity contribution in [2.75, 3.05) is 19.6 Å². The number of benzene rings is 1. The van der Waals surface area contributed by atoms with Gasteiger partial charge in [0, 0.05) is 25.2 Å². The first-order valence-electron chi connectivity index (χ1n) is 5.10. The van der Waals surface area contributed by atoms with Crippen LogP contribution < -0.4 is 5.32 Å². The van der Waals surface area contributed by atoms with Crippen LogP contribution in [0.5, 0.6) is 0 Å². The number of hydrogen-bond acceptors (Lipinski definition) is 2. The Morgan fingerprint density at radius 2 is 2.31 bits per heavy atom. The molecule has 2 rings (SSSR count). The Balaban J connectivity index is 2.14. The molecule has 1 heterocycles. The van der Waals surface area contributed by atoms with E-state index in [1.807, 2.05) is 0 Å². The van der Waals surface area contributed by atoms with Crippen LogP contribution in [0.3, 0.4) is 0 Å². The molecule has 0 unspecified atom stereocenters. The zero-order chi connectivity index (χ0) is 11.5. The number of rotatable bonds is 2. The number of piperazine rings is 1. The van der Waals surface area contributed by atoms with Crippen LogP contribution >= 0.6 is 11.6 Å². The molecule has 0 spiro atoms. The van der Waals surface area contributed by atoms with Gasteiger partial charge in [-0.25, -0.2) is 4.39 Å². The number of nitrogens with zero attached hydrogens (tertiary/aromatic N) is 1. The van der Waals surface area contributed by atoms with E-state index < -0.39 is 5.82 Å². The normalized spacial score (nSPS) is 16.6. The second-order valence-corrected chi connectivity index (χ2v) is 4.11. The van der Waals surface area contributed by atoms with E-state index in [1.54, 1.807) is 17.0 Å². The first-order chi connectivity index (χ1) is 7.68. The van der Waals surface area contributed by atoms with Gasteiger partial charge in [-0.15, -0.1) is 0 Å². The lowest BCUT2D eigenvalue weighted by Gasteiger charge is -2.27. The molecule has 1 aliphatic rings. The van der Waals surface area contributed by atoms with Gasteiger partial charge in [0.15, 0.2) is 0 Å². The van der Waals surface area contributed by atoms with Crippen molar-refractivity contribution in [2.24, 2.45) is 0 Å². The Hall–Kier alpha value is -1.13. The molecular formula is C11H12ClFN2O. The third-order valence-electron chi connectivity index (χ3n) is 2.58. The van der Waals surface area contributed by atoms with E-state index in [9.17, 15) is 9.18 Å². The zero-order valence-corrected chi connectivity index (χ0v) is 9.43. The van der Waals surface area contributed by atoms with E-state index in [0.717, 1.165) is 6.54 Å². The molecule has 3 nitrogen and oxygen atoms in total. The molecule has 1 aromatic carbocycles. The molecule has 16 heavy (non-hydrogen) atoms. The van der Waals surface area contributed by atoms with Crippen LogP contribution in [-0.4, -0.2) is 30.4 Å². The van der Waals surface area contributed by atoms with Gasteiger partial charge in [-0.05, 0) is 6.07 Å². The van der Waals surface area contributed by atoms with Crippen molar-refractivity contribution >= 4 is 17.5 Å². The van der Waals surface area contributed by atoms with Crippen molar-refractivity contribution in [3.63, 3.8) is 0 Å². The molecule has 0 radical (unpaired) electrons. The topological polar surface area (TPSA) is 32.3 Å². The highest BCUT2D eigenvalue weighted by molar-refractivity contribution is 6.30. The van der Waals surface area contributed by atoms with Crippen LogP contribution in [0.1, 0.15) is 5.56 Å². The van der Waals surface area contributed by atoms with Crippen molar-refractivity contribution in [1.82, 2.24) is 10.2 Å². The van der Waals surface area contributed by atoms with Crippen molar-refractivity contribution in [1.29, 1.82) is 0 Å². The van der Waals surface area contributed by atoms with E-state index in [0.29, 0.717) is 18.7 Å². The van der Waals surface area contributed by atoms with Gasteiger partial charge in [-0.3, -0.25) is 4.79 Å².